The fourth-order valence-electron chi connectivity index (χ4n) is 5.53. The van der Waals surface area contributed by atoms with Gasteiger partial charge in [-0.1, -0.05) is 30.3 Å². The van der Waals surface area contributed by atoms with Crippen LogP contribution >= 0.6 is 12.2 Å². The number of thiocarbonyl (C=S) groups is 1. The zero-order valence-electron chi connectivity index (χ0n) is 24.8. The van der Waals surface area contributed by atoms with Gasteiger partial charge in [0.05, 0.1) is 13.2 Å². The highest BCUT2D eigenvalue weighted by Crippen LogP contribution is 2.35. The predicted octanol–water partition coefficient (Wildman–Crippen LogP) is 4.30. The third kappa shape index (κ3) is 7.89. The molecule has 2 aliphatic rings. The lowest BCUT2D eigenvalue weighted by atomic mass is 9.90. The molecule has 0 aromatic heterocycles. The van der Waals surface area contributed by atoms with E-state index in [0.29, 0.717) is 31.2 Å². The van der Waals surface area contributed by atoms with Crippen LogP contribution in [-0.2, 0) is 22.5 Å². The normalized spacial score (nSPS) is 18.9. The molecular weight excluding hydrogens is 538 g/mol. The van der Waals surface area contributed by atoms with E-state index >= 15 is 0 Å². The maximum atomic E-state index is 12.3. The number of ether oxygens (including phenoxy) is 2. The lowest BCUT2D eigenvalue weighted by Gasteiger charge is -2.43. The van der Waals surface area contributed by atoms with E-state index in [1.165, 1.54) is 5.56 Å². The first-order chi connectivity index (χ1) is 19.6. The smallest absolute Gasteiger partial charge is 0.407 e. The molecule has 2 unspecified atom stereocenters. The van der Waals surface area contributed by atoms with Gasteiger partial charge in [0.1, 0.15) is 11.4 Å². The number of alkyl carbamates (subject to hydrolysis) is 1. The number of anilines is 1. The van der Waals surface area contributed by atoms with E-state index in [-0.39, 0.29) is 18.0 Å². The van der Waals surface area contributed by atoms with Gasteiger partial charge in [0.15, 0.2) is 5.11 Å². The van der Waals surface area contributed by atoms with Crippen LogP contribution in [0.2, 0.25) is 0 Å². The van der Waals surface area contributed by atoms with Gasteiger partial charge in [-0.2, -0.15) is 0 Å². The highest BCUT2D eigenvalue weighted by molar-refractivity contribution is 7.80. The molecule has 0 bridgehead atoms. The van der Waals surface area contributed by atoms with Gasteiger partial charge in [-0.25, -0.2) is 4.79 Å². The monoisotopic (exact) mass is 581 g/mol. The molecular formula is C31H43N5O4S. The van der Waals surface area contributed by atoms with Gasteiger partial charge in [0, 0.05) is 56.9 Å². The van der Waals surface area contributed by atoms with Crippen LogP contribution in [0.3, 0.4) is 0 Å². The number of fused-ring (bicyclic) bond motifs is 1. The van der Waals surface area contributed by atoms with Gasteiger partial charge in [-0.05, 0) is 75.5 Å². The summed E-state index contributed by atoms with van der Waals surface area (Å²) in [5.41, 5.74) is 3.75. The van der Waals surface area contributed by atoms with Crippen LogP contribution in [0.4, 0.5) is 10.5 Å². The van der Waals surface area contributed by atoms with Crippen LogP contribution in [0.15, 0.2) is 42.5 Å². The molecule has 0 spiro atoms. The van der Waals surface area contributed by atoms with Gasteiger partial charge in [0.2, 0.25) is 5.91 Å². The summed E-state index contributed by atoms with van der Waals surface area (Å²) in [4.78, 5) is 28.3. The van der Waals surface area contributed by atoms with Crippen LogP contribution in [0.25, 0.3) is 0 Å². The summed E-state index contributed by atoms with van der Waals surface area (Å²) in [5, 5.41) is 10.6. The Morgan fingerprint density at radius 2 is 1.83 bits per heavy atom. The minimum absolute atomic E-state index is 0.0247. The number of nitrogens with zero attached hydrogens (tertiary/aromatic N) is 2. The van der Waals surface area contributed by atoms with Gasteiger partial charge < -0.3 is 35.2 Å². The number of rotatable bonds is 8. The van der Waals surface area contributed by atoms with Crippen molar-refractivity contribution in [2.75, 3.05) is 38.7 Å². The lowest BCUT2D eigenvalue weighted by molar-refractivity contribution is -0.118. The third-order valence-electron chi connectivity index (χ3n) is 7.48. The second-order valence-electron chi connectivity index (χ2n) is 11.6. The fraction of sp³-hybridized carbons (Fsp3) is 0.516. The summed E-state index contributed by atoms with van der Waals surface area (Å²) < 4.78 is 11.1. The van der Waals surface area contributed by atoms with Crippen LogP contribution in [0, 0.1) is 0 Å². The average molecular weight is 582 g/mol. The van der Waals surface area contributed by atoms with Gasteiger partial charge >= 0.3 is 6.09 Å². The summed E-state index contributed by atoms with van der Waals surface area (Å²) in [6, 6.07) is 14.7. The predicted molar refractivity (Wildman–Crippen MR) is 165 cm³/mol. The minimum atomic E-state index is -0.540. The molecule has 2 heterocycles. The molecule has 2 aromatic rings. The molecule has 41 heavy (non-hydrogen) atoms. The van der Waals surface area contributed by atoms with Crippen molar-refractivity contribution in [1.29, 1.82) is 0 Å². The van der Waals surface area contributed by atoms with Crippen molar-refractivity contribution in [3.8, 4) is 5.75 Å². The highest BCUT2D eigenvalue weighted by atomic mass is 32.1. The van der Waals surface area contributed by atoms with Gasteiger partial charge in [0.25, 0.3) is 0 Å². The lowest BCUT2D eigenvalue weighted by Crippen LogP contribution is -2.53. The average Bonchev–Trinajstić information content (AvgIpc) is 2.95. The Morgan fingerprint density at radius 1 is 1.10 bits per heavy atom. The number of hydrogen-bond donors (Lipinski definition) is 3. The fourth-order valence-corrected chi connectivity index (χ4v) is 5.84. The number of carbonyl (C=O) groups excluding carboxylic acids is 2. The number of methoxy groups -OCH3 is 1. The van der Waals surface area contributed by atoms with Crippen molar-refractivity contribution in [2.45, 2.75) is 70.7 Å². The highest BCUT2D eigenvalue weighted by Gasteiger charge is 2.34. The Balaban J connectivity index is 1.46. The van der Waals surface area contributed by atoms with Crippen LogP contribution in [-0.4, -0.2) is 67.4 Å². The van der Waals surface area contributed by atoms with E-state index < -0.39 is 11.7 Å². The van der Waals surface area contributed by atoms with Crippen molar-refractivity contribution in [3.05, 3.63) is 59.2 Å². The Bertz CT molecular complexity index is 1230. The first-order valence-electron chi connectivity index (χ1n) is 14.3. The number of benzene rings is 2. The molecule has 2 aromatic carbocycles. The summed E-state index contributed by atoms with van der Waals surface area (Å²) in [6.07, 6.45) is 2.78. The number of aryl methyl sites for hydroxylation is 1. The maximum absolute atomic E-state index is 12.3. The largest absolute Gasteiger partial charge is 0.496 e. The molecule has 0 radical (unpaired) electrons. The number of carbonyl (C=O) groups is 2. The van der Waals surface area contributed by atoms with Gasteiger partial charge in [-0.15, -0.1) is 0 Å². The summed E-state index contributed by atoms with van der Waals surface area (Å²) >= 11 is 5.86. The molecule has 2 atom stereocenters. The molecule has 222 valence electrons. The Morgan fingerprint density at radius 3 is 2.54 bits per heavy atom. The molecule has 0 aliphatic carbocycles. The number of hydrogen-bond acceptors (Lipinski definition) is 6. The standard InChI is InChI=1S/C31H43N5O4S/c1-31(2,3)40-30(38)33-16-15-32-29(41)36-17-9-12-24(28(36)21-10-7-6-8-11-21)34-20-23-18-25-22(19-26(23)39-5)13-14-27(37)35(25)4/h6-8,10-11,18-19,24,28,34H,9,12-17,20H2,1-5H3,(H,32,41)(H,33,38). The molecule has 2 aliphatic heterocycles. The minimum Gasteiger partial charge on any atom is -0.496 e. The Hall–Kier alpha value is -3.37. The van der Waals surface area contributed by atoms with E-state index in [1.54, 1.807) is 12.0 Å². The first kappa shape index (κ1) is 30.6. The molecule has 9 nitrogen and oxygen atoms in total. The van der Waals surface area contributed by atoms with E-state index in [0.717, 1.165) is 48.4 Å². The number of nitrogens with one attached hydrogen (secondary N) is 3. The van der Waals surface area contributed by atoms with E-state index in [9.17, 15) is 9.59 Å². The van der Waals surface area contributed by atoms with Crippen LogP contribution in [0.5, 0.6) is 5.75 Å². The SMILES string of the molecule is COc1cc2c(cc1CNC1CCCN(C(=S)NCCNC(=O)OC(C)(C)C)C1c1ccccc1)N(C)C(=O)CC2. The van der Waals surface area contributed by atoms with Gasteiger partial charge in [-0.3, -0.25) is 4.79 Å². The molecule has 4 rings (SSSR count). The molecule has 1 saturated heterocycles. The number of likely N-dealkylation sites (tertiary alicyclic amines) is 1. The van der Waals surface area contributed by atoms with E-state index in [2.05, 4.69) is 57.2 Å². The zero-order chi connectivity index (χ0) is 29.6. The maximum Gasteiger partial charge on any atom is 0.407 e. The van der Waals surface area contributed by atoms with Crippen molar-refractivity contribution in [1.82, 2.24) is 20.9 Å². The summed E-state index contributed by atoms with van der Waals surface area (Å²) in [6.45, 7) is 7.84. The van der Waals surface area contributed by atoms with E-state index in [4.69, 9.17) is 21.7 Å². The molecule has 2 amide bonds. The molecule has 10 heteroatoms. The first-order valence-corrected chi connectivity index (χ1v) is 14.7. The van der Waals surface area contributed by atoms with Crippen LogP contribution < -0.4 is 25.6 Å². The second-order valence-corrected chi connectivity index (χ2v) is 12.0. The van der Waals surface area contributed by atoms with Crippen molar-refractivity contribution in [3.63, 3.8) is 0 Å². The Labute approximate surface area is 248 Å². The molecule has 1 fully saturated rings. The number of amides is 2. The molecule has 3 N–H and O–H groups in total. The third-order valence-corrected chi connectivity index (χ3v) is 7.86. The molecule has 0 saturated carbocycles. The van der Waals surface area contributed by atoms with Crippen molar-refractivity contribution >= 4 is 35.0 Å². The van der Waals surface area contributed by atoms with Crippen molar-refractivity contribution < 1.29 is 19.1 Å². The van der Waals surface area contributed by atoms with Crippen molar-refractivity contribution in [2.24, 2.45) is 0 Å². The summed E-state index contributed by atoms with van der Waals surface area (Å²) in [7, 11) is 3.53. The van der Waals surface area contributed by atoms with E-state index in [1.807, 2.05) is 33.9 Å². The second kappa shape index (κ2) is 13.5. The summed E-state index contributed by atoms with van der Waals surface area (Å²) in [5.74, 6) is 0.966. The topological polar surface area (TPSA) is 95.2 Å². The van der Waals surface area contributed by atoms with Crippen LogP contribution in [0.1, 0.15) is 62.8 Å². The zero-order valence-corrected chi connectivity index (χ0v) is 25.6. The quantitative estimate of drug-likeness (QED) is 0.314. The Kier molecular flexibility index (Phi) is 10.1. The number of piperidine rings is 1.